The van der Waals surface area contributed by atoms with Gasteiger partial charge in [0.25, 0.3) is 0 Å². The van der Waals surface area contributed by atoms with Crippen LogP contribution in [0.2, 0.25) is 0 Å². The molecule has 0 radical (unpaired) electrons. The number of carbonyl (C=O) groups excluding carboxylic acids is 1. The highest BCUT2D eigenvalue weighted by Crippen LogP contribution is 2.31. The molecule has 0 aliphatic heterocycles. The third kappa shape index (κ3) is 3.12. The summed E-state index contributed by atoms with van der Waals surface area (Å²) in [6, 6.07) is 15.2. The summed E-state index contributed by atoms with van der Waals surface area (Å²) >= 11 is 0. The lowest BCUT2D eigenvalue weighted by Gasteiger charge is -2.12. The number of hydrogen-bond acceptors (Lipinski definition) is 5. The van der Waals surface area contributed by atoms with Gasteiger partial charge in [0.15, 0.2) is 0 Å². The minimum atomic E-state index is -0.118. The molecule has 24 heavy (non-hydrogen) atoms. The number of nitrogens with one attached hydrogen (secondary N) is 1. The first-order chi connectivity index (χ1) is 11.7. The number of anilines is 1. The Labute approximate surface area is 139 Å². The molecule has 2 aromatic carbocycles. The van der Waals surface area contributed by atoms with Crippen molar-refractivity contribution in [2.24, 2.45) is 0 Å². The van der Waals surface area contributed by atoms with Gasteiger partial charge in [0, 0.05) is 5.56 Å². The minimum Gasteiger partial charge on any atom is -0.495 e. The molecule has 0 spiro atoms. The summed E-state index contributed by atoms with van der Waals surface area (Å²) < 4.78 is 10.6. The van der Waals surface area contributed by atoms with Gasteiger partial charge >= 0.3 is 0 Å². The average molecular weight is 323 g/mol. The second-order valence-electron chi connectivity index (χ2n) is 5.27. The average Bonchev–Trinajstić information content (AvgIpc) is 3.12. The highest BCUT2D eigenvalue weighted by Gasteiger charge is 2.18. The van der Waals surface area contributed by atoms with Crippen molar-refractivity contribution in [3.63, 3.8) is 0 Å². The number of benzene rings is 2. The molecule has 0 fully saturated rings. The Morgan fingerprint density at radius 1 is 1.21 bits per heavy atom. The van der Waals surface area contributed by atoms with Gasteiger partial charge in [-0.3, -0.25) is 4.79 Å². The molecular formula is C18H17N3O3. The second-order valence-corrected chi connectivity index (χ2v) is 5.27. The highest BCUT2D eigenvalue weighted by atomic mass is 16.5. The van der Waals surface area contributed by atoms with E-state index in [1.54, 1.807) is 13.2 Å². The Morgan fingerprint density at radius 3 is 2.71 bits per heavy atom. The smallest absolute Gasteiger partial charge is 0.234 e. The second kappa shape index (κ2) is 6.95. The zero-order valence-corrected chi connectivity index (χ0v) is 13.4. The van der Waals surface area contributed by atoms with Crippen molar-refractivity contribution in [1.82, 2.24) is 10.1 Å². The monoisotopic (exact) mass is 323 g/mol. The van der Waals surface area contributed by atoms with Gasteiger partial charge < -0.3 is 14.6 Å². The van der Waals surface area contributed by atoms with E-state index in [0.29, 0.717) is 29.6 Å². The quantitative estimate of drug-likeness (QED) is 0.703. The maximum Gasteiger partial charge on any atom is 0.234 e. The highest BCUT2D eigenvalue weighted by molar-refractivity contribution is 5.76. The summed E-state index contributed by atoms with van der Waals surface area (Å²) in [5.41, 5.74) is 2.43. The summed E-state index contributed by atoms with van der Waals surface area (Å²) in [5, 5.41) is 6.68. The van der Waals surface area contributed by atoms with Crippen LogP contribution in [-0.2, 0) is 4.79 Å². The van der Waals surface area contributed by atoms with E-state index in [-0.39, 0.29) is 5.92 Å². The van der Waals surface area contributed by atoms with Crippen LogP contribution in [-0.4, -0.2) is 23.7 Å². The molecule has 0 saturated heterocycles. The molecule has 3 aromatic rings. The number of ether oxygens (including phenoxy) is 1. The normalized spacial score (nSPS) is 11.8. The SMILES string of the molecule is COc1ccc(C(C)c2nc(-c3ccccc3)no2)cc1NC=O. The number of methoxy groups -OCH3 is 1. The zero-order valence-electron chi connectivity index (χ0n) is 13.4. The fourth-order valence-corrected chi connectivity index (χ4v) is 2.43. The Morgan fingerprint density at radius 2 is 2.00 bits per heavy atom. The lowest BCUT2D eigenvalue weighted by molar-refractivity contribution is -0.105. The van der Waals surface area contributed by atoms with Crippen molar-refractivity contribution < 1.29 is 14.1 Å². The molecule has 122 valence electrons. The predicted octanol–water partition coefficient (Wildman–Crippen LogP) is 3.47. The van der Waals surface area contributed by atoms with Crippen molar-refractivity contribution in [2.75, 3.05) is 12.4 Å². The number of rotatable bonds is 6. The number of amides is 1. The minimum absolute atomic E-state index is 0.118. The van der Waals surface area contributed by atoms with Crippen LogP contribution in [0.4, 0.5) is 5.69 Å². The molecular weight excluding hydrogens is 306 g/mol. The van der Waals surface area contributed by atoms with Gasteiger partial charge in [0.05, 0.1) is 18.7 Å². The van der Waals surface area contributed by atoms with Gasteiger partial charge in [-0.2, -0.15) is 4.98 Å². The lowest BCUT2D eigenvalue weighted by Crippen LogP contribution is -2.01. The zero-order chi connectivity index (χ0) is 16.9. The number of carbonyl (C=O) groups is 1. The Balaban J connectivity index is 1.89. The Hall–Kier alpha value is -3.15. The van der Waals surface area contributed by atoms with E-state index < -0.39 is 0 Å². The molecule has 1 atom stereocenters. The summed E-state index contributed by atoms with van der Waals surface area (Å²) in [6.07, 6.45) is 0.618. The molecule has 1 heterocycles. The maximum absolute atomic E-state index is 10.7. The van der Waals surface area contributed by atoms with Gasteiger partial charge in [0.2, 0.25) is 18.1 Å². The first kappa shape index (κ1) is 15.7. The van der Waals surface area contributed by atoms with Gasteiger partial charge in [-0.15, -0.1) is 0 Å². The van der Waals surface area contributed by atoms with Crippen molar-refractivity contribution in [3.05, 3.63) is 60.0 Å². The van der Waals surface area contributed by atoms with Crippen molar-refractivity contribution in [2.45, 2.75) is 12.8 Å². The summed E-state index contributed by atoms with van der Waals surface area (Å²) in [6.45, 7) is 1.97. The van der Waals surface area contributed by atoms with E-state index in [2.05, 4.69) is 15.5 Å². The molecule has 6 nitrogen and oxygen atoms in total. The first-order valence-corrected chi connectivity index (χ1v) is 7.50. The van der Waals surface area contributed by atoms with Crippen LogP contribution in [0, 0.1) is 0 Å². The van der Waals surface area contributed by atoms with Crippen molar-refractivity contribution in [3.8, 4) is 17.1 Å². The standard InChI is InChI=1S/C18H17N3O3/c1-12(14-8-9-16(23-2)15(10-14)19-11-22)18-20-17(21-24-18)13-6-4-3-5-7-13/h3-12H,1-2H3,(H,19,22). The van der Waals surface area contributed by atoms with Gasteiger partial charge in [-0.05, 0) is 24.6 Å². The maximum atomic E-state index is 10.7. The fraction of sp³-hybridized carbons (Fsp3) is 0.167. The van der Waals surface area contributed by atoms with Gasteiger partial charge in [-0.25, -0.2) is 0 Å². The summed E-state index contributed by atoms with van der Waals surface area (Å²) in [5.74, 6) is 1.54. The van der Waals surface area contributed by atoms with Crippen LogP contribution in [0.25, 0.3) is 11.4 Å². The third-order valence-corrected chi connectivity index (χ3v) is 3.78. The van der Waals surface area contributed by atoms with Crippen LogP contribution in [0.5, 0.6) is 5.75 Å². The van der Waals surface area contributed by atoms with Crippen LogP contribution >= 0.6 is 0 Å². The third-order valence-electron chi connectivity index (χ3n) is 3.78. The topological polar surface area (TPSA) is 77.2 Å². The first-order valence-electron chi connectivity index (χ1n) is 7.50. The van der Waals surface area contributed by atoms with E-state index >= 15 is 0 Å². The van der Waals surface area contributed by atoms with Crippen molar-refractivity contribution in [1.29, 1.82) is 0 Å². The summed E-state index contributed by atoms with van der Waals surface area (Å²) in [7, 11) is 1.55. The number of nitrogens with zero attached hydrogens (tertiary/aromatic N) is 2. The molecule has 0 aliphatic rings. The van der Waals surface area contributed by atoms with E-state index in [1.165, 1.54) is 0 Å². The molecule has 1 N–H and O–H groups in total. The van der Waals surface area contributed by atoms with Crippen LogP contribution in [0.3, 0.4) is 0 Å². The molecule has 0 bridgehead atoms. The molecule has 1 unspecified atom stereocenters. The van der Waals surface area contributed by atoms with Gasteiger partial charge in [-0.1, -0.05) is 41.6 Å². The van der Waals surface area contributed by atoms with Crippen LogP contribution in [0.1, 0.15) is 24.3 Å². The van der Waals surface area contributed by atoms with E-state index in [4.69, 9.17) is 9.26 Å². The predicted molar refractivity (Wildman–Crippen MR) is 89.9 cm³/mol. The largest absolute Gasteiger partial charge is 0.495 e. The van der Waals surface area contributed by atoms with Gasteiger partial charge in [0.1, 0.15) is 5.75 Å². The van der Waals surface area contributed by atoms with Crippen LogP contribution < -0.4 is 10.1 Å². The van der Waals surface area contributed by atoms with Crippen molar-refractivity contribution >= 4 is 12.1 Å². The fourth-order valence-electron chi connectivity index (χ4n) is 2.43. The molecule has 0 aliphatic carbocycles. The molecule has 3 rings (SSSR count). The Kier molecular flexibility index (Phi) is 4.56. The van der Waals surface area contributed by atoms with E-state index in [0.717, 1.165) is 11.1 Å². The molecule has 1 amide bonds. The molecule has 0 saturated carbocycles. The lowest BCUT2D eigenvalue weighted by atomic mass is 10.00. The summed E-state index contributed by atoms with van der Waals surface area (Å²) in [4.78, 5) is 15.2. The van der Waals surface area contributed by atoms with E-state index in [9.17, 15) is 4.79 Å². The molecule has 1 aromatic heterocycles. The molecule has 6 heteroatoms. The Bertz CT molecular complexity index is 831. The van der Waals surface area contributed by atoms with E-state index in [1.807, 2.05) is 49.4 Å². The number of aromatic nitrogens is 2. The van der Waals surface area contributed by atoms with Crippen LogP contribution in [0.15, 0.2) is 53.1 Å². The number of hydrogen-bond donors (Lipinski definition) is 1.